The molecule has 0 bridgehead atoms. The summed E-state index contributed by atoms with van der Waals surface area (Å²) in [4.78, 5) is 28.2. The van der Waals surface area contributed by atoms with Gasteiger partial charge in [0.1, 0.15) is 0 Å². The number of aromatic nitrogens is 6. The van der Waals surface area contributed by atoms with E-state index in [9.17, 15) is 0 Å². The van der Waals surface area contributed by atoms with E-state index in [-0.39, 0.29) is 0 Å². The van der Waals surface area contributed by atoms with Crippen LogP contribution in [0.25, 0.3) is 99.8 Å². The summed E-state index contributed by atoms with van der Waals surface area (Å²) < 4.78 is 0. The lowest BCUT2D eigenvalue weighted by atomic mass is 9.89. The second-order valence-corrected chi connectivity index (χ2v) is 12.8. The number of rotatable bonds is 5. The molecule has 0 aliphatic heterocycles. The number of hydrogen-bond donors (Lipinski definition) is 0. The Morgan fingerprint density at radius 1 is 0.288 bits per heavy atom. The van der Waals surface area contributed by atoms with Crippen LogP contribution in [-0.2, 0) is 0 Å². The molecule has 0 spiro atoms. The topological polar surface area (TPSA) is 77.3 Å². The summed E-state index contributed by atoms with van der Waals surface area (Å²) in [6.45, 7) is 0. The molecule has 0 amide bonds. The number of benzene rings is 6. The van der Waals surface area contributed by atoms with Gasteiger partial charge in [-0.1, -0.05) is 109 Å². The second kappa shape index (κ2) is 12.3. The van der Waals surface area contributed by atoms with Gasteiger partial charge in [0.25, 0.3) is 0 Å². The Bertz CT molecular complexity index is 2890. The van der Waals surface area contributed by atoms with E-state index < -0.39 is 0 Å². The Kier molecular flexibility index (Phi) is 7.03. The Hall–Kier alpha value is -7.18. The van der Waals surface area contributed by atoms with Crippen molar-refractivity contribution < 1.29 is 0 Å². The van der Waals surface area contributed by atoms with Crippen molar-refractivity contribution in [1.29, 1.82) is 0 Å². The van der Waals surface area contributed by atoms with Crippen molar-refractivity contribution in [2.24, 2.45) is 0 Å². The number of pyridine rings is 3. The molecule has 6 heteroatoms. The molecule has 0 atom stereocenters. The summed E-state index contributed by atoms with van der Waals surface area (Å²) in [6.07, 6.45) is 6.98. The molecule has 0 aliphatic rings. The zero-order chi connectivity index (χ0) is 34.4. The highest BCUT2D eigenvalue weighted by atomic mass is 15.0. The van der Waals surface area contributed by atoms with Crippen LogP contribution < -0.4 is 0 Å². The molecular weight excluding hydrogens is 637 g/mol. The van der Waals surface area contributed by atoms with E-state index in [2.05, 4.69) is 131 Å². The van der Waals surface area contributed by atoms with Crippen molar-refractivity contribution in [3.8, 4) is 56.5 Å². The molecule has 0 aliphatic carbocycles. The fourth-order valence-electron chi connectivity index (χ4n) is 7.26. The summed E-state index contributed by atoms with van der Waals surface area (Å²) >= 11 is 0. The van der Waals surface area contributed by atoms with Crippen LogP contribution in [0.5, 0.6) is 0 Å². The first-order chi connectivity index (χ1) is 25.8. The highest BCUT2D eigenvalue weighted by Gasteiger charge is 2.18. The molecule has 0 unspecified atom stereocenters. The zero-order valence-electron chi connectivity index (χ0n) is 27.8. The number of hydrogen-bond acceptors (Lipinski definition) is 6. The van der Waals surface area contributed by atoms with Crippen molar-refractivity contribution in [1.82, 2.24) is 29.9 Å². The van der Waals surface area contributed by atoms with Gasteiger partial charge in [0.2, 0.25) is 0 Å². The number of fused-ring (bicyclic) bond motifs is 8. The van der Waals surface area contributed by atoms with Gasteiger partial charge in [-0.05, 0) is 69.1 Å². The van der Waals surface area contributed by atoms with Crippen LogP contribution in [0, 0.1) is 0 Å². The number of para-hydroxylation sites is 1. The molecule has 242 valence electrons. The minimum absolute atomic E-state index is 0.589. The van der Waals surface area contributed by atoms with Crippen LogP contribution in [0.15, 0.2) is 170 Å². The lowest BCUT2D eigenvalue weighted by Gasteiger charge is -2.16. The number of nitrogens with zero attached hydrogens (tertiary/aromatic N) is 6. The Balaban J connectivity index is 1.11. The third-order valence-electron chi connectivity index (χ3n) is 9.70. The van der Waals surface area contributed by atoms with Crippen molar-refractivity contribution in [2.75, 3.05) is 0 Å². The molecule has 4 aromatic heterocycles. The molecule has 0 saturated carbocycles. The fraction of sp³-hybridized carbons (Fsp3) is 0. The van der Waals surface area contributed by atoms with Gasteiger partial charge < -0.3 is 0 Å². The first-order valence-electron chi connectivity index (χ1n) is 17.2. The van der Waals surface area contributed by atoms with Crippen molar-refractivity contribution >= 4 is 43.2 Å². The van der Waals surface area contributed by atoms with Crippen LogP contribution in [0.2, 0.25) is 0 Å². The third-order valence-corrected chi connectivity index (χ3v) is 9.70. The second-order valence-electron chi connectivity index (χ2n) is 12.8. The predicted octanol–water partition coefficient (Wildman–Crippen LogP) is 11.0. The summed E-state index contributed by atoms with van der Waals surface area (Å²) in [5.41, 5.74) is 7.86. The molecule has 10 rings (SSSR count). The van der Waals surface area contributed by atoms with E-state index in [0.29, 0.717) is 17.5 Å². The third kappa shape index (κ3) is 5.05. The van der Waals surface area contributed by atoms with Crippen molar-refractivity contribution in [3.05, 3.63) is 170 Å². The highest BCUT2D eigenvalue weighted by Crippen LogP contribution is 2.43. The minimum atomic E-state index is 0.589. The molecule has 0 N–H and O–H groups in total. The molecule has 0 radical (unpaired) electrons. The lowest BCUT2D eigenvalue weighted by molar-refractivity contribution is 1.07. The van der Waals surface area contributed by atoms with Crippen LogP contribution in [-0.4, -0.2) is 29.9 Å². The SMILES string of the molecule is c1cc(-c2ccc(-c3nc(-c4ccncc4)nc(-c4ccncc4)n3)cc2)cc(-c2nc3ccccc3c3c4ccccc4c4ccccc4c23)c1. The standard InChI is InChI=1S/C46H28N6/c1-3-12-37-35(10-1)36-11-2-4-13-38(36)42-41(37)39-14-5-6-15-40(39)49-43(42)34-9-7-8-33(28-34)29-16-18-30(19-17-29)44-50-45(31-20-24-47-25-21-31)52-46(51-44)32-22-26-48-27-23-32/h1-28H. The average Bonchev–Trinajstić information content (AvgIpc) is 3.24. The normalized spacial score (nSPS) is 11.5. The van der Waals surface area contributed by atoms with E-state index in [0.717, 1.165) is 50.0 Å². The van der Waals surface area contributed by atoms with E-state index >= 15 is 0 Å². The van der Waals surface area contributed by atoms with Crippen LogP contribution in [0.4, 0.5) is 0 Å². The molecule has 4 heterocycles. The monoisotopic (exact) mass is 664 g/mol. The van der Waals surface area contributed by atoms with Gasteiger partial charge >= 0.3 is 0 Å². The molecule has 0 fully saturated rings. The molecule has 52 heavy (non-hydrogen) atoms. The van der Waals surface area contributed by atoms with E-state index in [1.54, 1.807) is 24.8 Å². The van der Waals surface area contributed by atoms with E-state index in [4.69, 9.17) is 19.9 Å². The van der Waals surface area contributed by atoms with Gasteiger partial charge in [-0.25, -0.2) is 19.9 Å². The van der Waals surface area contributed by atoms with Crippen molar-refractivity contribution in [3.63, 3.8) is 0 Å². The summed E-state index contributed by atoms with van der Waals surface area (Å²) in [7, 11) is 0. The van der Waals surface area contributed by atoms with Gasteiger partial charge in [0.05, 0.1) is 11.2 Å². The Morgan fingerprint density at radius 2 is 0.750 bits per heavy atom. The molecule has 10 aromatic rings. The van der Waals surface area contributed by atoms with Crippen LogP contribution >= 0.6 is 0 Å². The van der Waals surface area contributed by atoms with Gasteiger partial charge in [-0.15, -0.1) is 0 Å². The van der Waals surface area contributed by atoms with Crippen LogP contribution in [0.1, 0.15) is 0 Å². The van der Waals surface area contributed by atoms with Crippen LogP contribution in [0.3, 0.4) is 0 Å². The maximum Gasteiger partial charge on any atom is 0.164 e. The maximum absolute atomic E-state index is 5.36. The highest BCUT2D eigenvalue weighted by molar-refractivity contribution is 6.33. The molecule has 6 aromatic carbocycles. The fourth-order valence-corrected chi connectivity index (χ4v) is 7.26. The van der Waals surface area contributed by atoms with E-state index in [1.165, 1.54) is 32.3 Å². The predicted molar refractivity (Wildman–Crippen MR) is 210 cm³/mol. The Labute approximate surface area is 299 Å². The van der Waals surface area contributed by atoms with E-state index in [1.807, 2.05) is 24.3 Å². The first kappa shape index (κ1) is 29.7. The quantitative estimate of drug-likeness (QED) is 0.170. The summed E-state index contributed by atoms with van der Waals surface area (Å²) in [5.74, 6) is 1.78. The van der Waals surface area contributed by atoms with Gasteiger partial charge in [0.15, 0.2) is 17.5 Å². The Morgan fingerprint density at radius 3 is 1.35 bits per heavy atom. The molecule has 0 saturated heterocycles. The smallest absolute Gasteiger partial charge is 0.164 e. The van der Waals surface area contributed by atoms with Gasteiger partial charge in [-0.3, -0.25) is 9.97 Å². The summed E-state index contributed by atoms with van der Waals surface area (Å²) in [5, 5.41) is 8.49. The molecular formula is C46H28N6. The largest absolute Gasteiger partial charge is 0.265 e. The van der Waals surface area contributed by atoms with Gasteiger partial charge in [-0.2, -0.15) is 0 Å². The summed E-state index contributed by atoms with van der Waals surface area (Å²) in [6, 6.07) is 50.7. The van der Waals surface area contributed by atoms with Gasteiger partial charge in [0, 0.05) is 63.2 Å². The molecule has 6 nitrogen and oxygen atoms in total. The zero-order valence-corrected chi connectivity index (χ0v) is 27.8. The van der Waals surface area contributed by atoms with Crippen molar-refractivity contribution in [2.45, 2.75) is 0 Å². The average molecular weight is 665 g/mol. The lowest BCUT2D eigenvalue weighted by Crippen LogP contribution is -2.00. The first-order valence-corrected chi connectivity index (χ1v) is 17.2. The minimum Gasteiger partial charge on any atom is -0.265 e. The maximum atomic E-state index is 5.36.